The Bertz CT molecular complexity index is 838. The standard InChI is InChI=1S/C22H26FN3O2/c1-16-6-8-19(9-7-16)15-25-12-13-26(17(2)21(25)27)22(28)24-11-10-18-4-3-5-20(23)14-18/h3-9,14,17H,10-13,15H2,1-2H3,(H,24,28). The number of hydrogen-bond donors (Lipinski definition) is 1. The molecule has 1 aliphatic rings. The Hall–Kier alpha value is -2.89. The number of benzene rings is 2. The molecule has 1 fully saturated rings. The topological polar surface area (TPSA) is 52.6 Å². The summed E-state index contributed by atoms with van der Waals surface area (Å²) in [7, 11) is 0. The molecule has 1 N–H and O–H groups in total. The van der Waals surface area contributed by atoms with Crippen molar-refractivity contribution in [3.8, 4) is 0 Å². The summed E-state index contributed by atoms with van der Waals surface area (Å²) in [6.07, 6.45) is 0.541. The number of halogens is 1. The van der Waals surface area contributed by atoms with Gasteiger partial charge >= 0.3 is 6.03 Å². The molecule has 6 heteroatoms. The van der Waals surface area contributed by atoms with Crippen LogP contribution in [0.15, 0.2) is 48.5 Å². The fourth-order valence-electron chi connectivity index (χ4n) is 3.39. The normalized spacial score (nSPS) is 17.0. The first kappa shape index (κ1) is 19.9. The first-order valence-corrected chi connectivity index (χ1v) is 9.57. The second kappa shape index (κ2) is 8.87. The van der Waals surface area contributed by atoms with Gasteiger partial charge in [-0.3, -0.25) is 4.79 Å². The maximum atomic E-state index is 13.2. The molecule has 0 aliphatic carbocycles. The number of amides is 3. The fourth-order valence-corrected chi connectivity index (χ4v) is 3.39. The molecule has 1 unspecified atom stereocenters. The Balaban J connectivity index is 1.51. The van der Waals surface area contributed by atoms with Gasteiger partial charge in [-0.2, -0.15) is 0 Å². The van der Waals surface area contributed by atoms with Crippen LogP contribution in [-0.4, -0.2) is 47.4 Å². The summed E-state index contributed by atoms with van der Waals surface area (Å²) in [4.78, 5) is 28.6. The smallest absolute Gasteiger partial charge is 0.318 e. The number of nitrogens with one attached hydrogen (secondary N) is 1. The molecule has 0 spiro atoms. The Morgan fingerprint density at radius 3 is 2.61 bits per heavy atom. The van der Waals surface area contributed by atoms with Crippen molar-refractivity contribution in [2.75, 3.05) is 19.6 Å². The summed E-state index contributed by atoms with van der Waals surface area (Å²) in [6.45, 7) is 5.74. The molecule has 0 radical (unpaired) electrons. The highest BCUT2D eigenvalue weighted by Gasteiger charge is 2.34. The number of carbonyl (C=O) groups is 2. The molecule has 3 rings (SSSR count). The third-order valence-electron chi connectivity index (χ3n) is 5.08. The molecule has 1 atom stereocenters. The molecule has 2 aromatic carbocycles. The van der Waals surface area contributed by atoms with Crippen LogP contribution < -0.4 is 5.32 Å². The molecule has 0 bridgehead atoms. The van der Waals surface area contributed by atoms with Crippen LogP contribution in [0.25, 0.3) is 0 Å². The number of urea groups is 1. The van der Waals surface area contributed by atoms with Gasteiger partial charge in [0.15, 0.2) is 0 Å². The lowest BCUT2D eigenvalue weighted by Crippen LogP contribution is -2.59. The third-order valence-corrected chi connectivity index (χ3v) is 5.08. The highest BCUT2D eigenvalue weighted by atomic mass is 19.1. The van der Waals surface area contributed by atoms with Gasteiger partial charge in [-0.15, -0.1) is 0 Å². The summed E-state index contributed by atoms with van der Waals surface area (Å²) < 4.78 is 13.2. The molecule has 28 heavy (non-hydrogen) atoms. The monoisotopic (exact) mass is 383 g/mol. The van der Waals surface area contributed by atoms with Crippen molar-refractivity contribution in [1.29, 1.82) is 0 Å². The van der Waals surface area contributed by atoms with Gasteiger partial charge in [0.05, 0.1) is 0 Å². The van der Waals surface area contributed by atoms with Gasteiger partial charge in [-0.1, -0.05) is 42.0 Å². The fraction of sp³-hybridized carbons (Fsp3) is 0.364. The molecule has 1 heterocycles. The van der Waals surface area contributed by atoms with Crippen molar-refractivity contribution in [3.05, 3.63) is 71.0 Å². The Morgan fingerprint density at radius 1 is 1.14 bits per heavy atom. The largest absolute Gasteiger partial charge is 0.338 e. The zero-order valence-electron chi connectivity index (χ0n) is 16.3. The van der Waals surface area contributed by atoms with E-state index >= 15 is 0 Å². The van der Waals surface area contributed by atoms with Gasteiger partial charge in [0, 0.05) is 26.2 Å². The SMILES string of the molecule is Cc1ccc(CN2CCN(C(=O)NCCc3cccc(F)c3)C(C)C2=O)cc1. The zero-order valence-corrected chi connectivity index (χ0v) is 16.3. The van der Waals surface area contributed by atoms with Crippen molar-refractivity contribution >= 4 is 11.9 Å². The van der Waals surface area contributed by atoms with Gasteiger partial charge < -0.3 is 15.1 Å². The summed E-state index contributed by atoms with van der Waals surface area (Å²) in [5.74, 6) is -0.333. The predicted octanol–water partition coefficient (Wildman–Crippen LogP) is 3.12. The number of aryl methyl sites for hydroxylation is 1. The van der Waals surface area contributed by atoms with E-state index in [-0.39, 0.29) is 17.8 Å². The molecular formula is C22H26FN3O2. The van der Waals surface area contributed by atoms with E-state index < -0.39 is 6.04 Å². The van der Waals surface area contributed by atoms with Gasteiger partial charge in [0.25, 0.3) is 0 Å². The minimum atomic E-state index is -0.506. The van der Waals surface area contributed by atoms with Crippen LogP contribution in [0.5, 0.6) is 0 Å². The Kier molecular flexibility index (Phi) is 6.29. The second-order valence-corrected chi connectivity index (χ2v) is 7.23. The highest BCUT2D eigenvalue weighted by molar-refractivity contribution is 5.88. The summed E-state index contributed by atoms with van der Waals surface area (Å²) in [5, 5.41) is 2.84. The van der Waals surface area contributed by atoms with Crippen LogP contribution in [0.2, 0.25) is 0 Å². The van der Waals surface area contributed by atoms with E-state index in [4.69, 9.17) is 0 Å². The van der Waals surface area contributed by atoms with E-state index in [0.717, 1.165) is 11.1 Å². The van der Waals surface area contributed by atoms with Crippen LogP contribution in [-0.2, 0) is 17.8 Å². The molecule has 5 nitrogen and oxygen atoms in total. The average molecular weight is 383 g/mol. The maximum absolute atomic E-state index is 13.2. The second-order valence-electron chi connectivity index (χ2n) is 7.23. The Labute approximate surface area is 165 Å². The van der Waals surface area contributed by atoms with E-state index in [1.165, 1.54) is 17.7 Å². The molecule has 148 valence electrons. The van der Waals surface area contributed by atoms with Crippen LogP contribution in [0.4, 0.5) is 9.18 Å². The zero-order chi connectivity index (χ0) is 20.1. The van der Waals surface area contributed by atoms with Crippen molar-refractivity contribution < 1.29 is 14.0 Å². The van der Waals surface area contributed by atoms with E-state index in [1.54, 1.807) is 22.8 Å². The van der Waals surface area contributed by atoms with Crippen molar-refractivity contribution in [2.24, 2.45) is 0 Å². The van der Waals surface area contributed by atoms with Crippen LogP contribution in [0, 0.1) is 12.7 Å². The van der Waals surface area contributed by atoms with Crippen LogP contribution >= 0.6 is 0 Å². The summed E-state index contributed by atoms with van der Waals surface area (Å²) >= 11 is 0. The number of nitrogens with zero attached hydrogens (tertiary/aromatic N) is 2. The molecule has 2 aromatic rings. The molecule has 0 aromatic heterocycles. The predicted molar refractivity (Wildman–Crippen MR) is 106 cm³/mol. The molecule has 3 amide bonds. The number of piperazine rings is 1. The van der Waals surface area contributed by atoms with E-state index in [0.29, 0.717) is 32.6 Å². The lowest BCUT2D eigenvalue weighted by atomic mass is 10.1. The van der Waals surface area contributed by atoms with Crippen molar-refractivity contribution in [3.63, 3.8) is 0 Å². The lowest BCUT2D eigenvalue weighted by Gasteiger charge is -2.39. The van der Waals surface area contributed by atoms with E-state index in [1.807, 2.05) is 37.3 Å². The maximum Gasteiger partial charge on any atom is 0.318 e. The first-order valence-electron chi connectivity index (χ1n) is 9.57. The minimum Gasteiger partial charge on any atom is -0.338 e. The van der Waals surface area contributed by atoms with Gasteiger partial charge in [-0.05, 0) is 43.5 Å². The molecule has 0 saturated carbocycles. The van der Waals surface area contributed by atoms with Gasteiger partial charge in [0.2, 0.25) is 5.91 Å². The lowest BCUT2D eigenvalue weighted by molar-refractivity contribution is -0.139. The van der Waals surface area contributed by atoms with Crippen LogP contribution in [0.1, 0.15) is 23.6 Å². The summed E-state index contributed by atoms with van der Waals surface area (Å²) in [6, 6.07) is 13.7. The quantitative estimate of drug-likeness (QED) is 0.863. The first-order chi connectivity index (χ1) is 13.4. The van der Waals surface area contributed by atoms with Gasteiger partial charge in [0.1, 0.15) is 11.9 Å². The van der Waals surface area contributed by atoms with E-state index in [2.05, 4.69) is 5.32 Å². The number of rotatable bonds is 5. The third kappa shape index (κ3) is 4.88. The minimum absolute atomic E-state index is 0.0490. The number of hydrogen-bond acceptors (Lipinski definition) is 2. The Morgan fingerprint density at radius 2 is 1.89 bits per heavy atom. The molecule has 1 saturated heterocycles. The van der Waals surface area contributed by atoms with Crippen molar-refractivity contribution in [1.82, 2.24) is 15.1 Å². The van der Waals surface area contributed by atoms with Crippen molar-refractivity contribution in [2.45, 2.75) is 32.9 Å². The number of carbonyl (C=O) groups excluding carboxylic acids is 2. The highest BCUT2D eigenvalue weighted by Crippen LogP contribution is 2.15. The van der Waals surface area contributed by atoms with Crippen LogP contribution in [0.3, 0.4) is 0 Å². The van der Waals surface area contributed by atoms with Gasteiger partial charge in [-0.25, -0.2) is 9.18 Å². The molecule has 1 aliphatic heterocycles. The average Bonchev–Trinajstić information content (AvgIpc) is 2.67. The van der Waals surface area contributed by atoms with E-state index in [9.17, 15) is 14.0 Å². The molecular weight excluding hydrogens is 357 g/mol. The summed E-state index contributed by atoms with van der Waals surface area (Å²) in [5.41, 5.74) is 3.09.